The number of benzene rings is 2. The highest BCUT2D eigenvalue weighted by atomic mass is 35.5. The maximum absolute atomic E-state index is 14.4. The van der Waals surface area contributed by atoms with Crippen molar-refractivity contribution in [2.75, 3.05) is 46.4 Å². The number of hydrogen-bond donors (Lipinski definition) is 1. The average Bonchev–Trinajstić information content (AvgIpc) is 3.94. The van der Waals surface area contributed by atoms with Crippen molar-refractivity contribution in [2.24, 2.45) is 0 Å². The van der Waals surface area contributed by atoms with E-state index in [1.165, 1.54) is 42.1 Å². The SMILES string of the molecule is B[C@H](c1ccccc1OC(B)(B)c1ccnn1CC(F)(F)F)[C@H](Oc1ncnc2sc(-c3ccc(F)o3)c(-c3ccc(OCCN4CCN(C)CC4)c(Cl)c3C)c12)C(=O)O. The van der Waals surface area contributed by atoms with Crippen LogP contribution in [0.1, 0.15) is 22.6 Å². The Kier molecular flexibility index (Phi) is 12.6. The number of furan rings is 1. The molecule has 4 aromatic heterocycles. The minimum Gasteiger partial charge on any atom is -0.499 e. The molecular formula is C39H40B3ClF4N6O6S. The predicted octanol–water partition coefficient (Wildman–Crippen LogP) is 4.77. The van der Waals surface area contributed by atoms with Gasteiger partial charge in [-0.1, -0.05) is 35.9 Å². The third-order valence-corrected chi connectivity index (χ3v) is 12.1. The second-order valence-electron chi connectivity index (χ2n) is 15.1. The van der Waals surface area contributed by atoms with E-state index in [1.54, 1.807) is 53.9 Å². The van der Waals surface area contributed by atoms with Crippen LogP contribution in [-0.4, -0.2) is 123 Å². The molecule has 0 saturated carbocycles. The molecule has 0 radical (unpaired) electrons. The Morgan fingerprint density at radius 1 is 1.05 bits per heavy atom. The van der Waals surface area contributed by atoms with Crippen LogP contribution in [0.3, 0.4) is 0 Å². The van der Waals surface area contributed by atoms with Gasteiger partial charge >= 0.3 is 12.1 Å². The van der Waals surface area contributed by atoms with Crippen LogP contribution in [0.15, 0.2) is 71.5 Å². The van der Waals surface area contributed by atoms with E-state index in [2.05, 4.69) is 31.9 Å². The van der Waals surface area contributed by atoms with Gasteiger partial charge in [-0.25, -0.2) is 14.8 Å². The molecule has 60 heavy (non-hydrogen) atoms. The molecule has 6 aromatic rings. The summed E-state index contributed by atoms with van der Waals surface area (Å²) in [6.45, 7) is 5.52. The van der Waals surface area contributed by atoms with Gasteiger partial charge in [-0.15, -0.1) is 11.3 Å². The van der Waals surface area contributed by atoms with Gasteiger partial charge in [-0.05, 0) is 54.9 Å². The number of piperazine rings is 1. The fraction of sp³-hybridized carbons (Fsp3) is 0.333. The zero-order valence-electron chi connectivity index (χ0n) is 33.4. The molecule has 5 heterocycles. The monoisotopic (exact) mass is 864 g/mol. The fourth-order valence-electron chi connectivity index (χ4n) is 7.33. The quantitative estimate of drug-likeness (QED) is 0.113. The van der Waals surface area contributed by atoms with Gasteiger partial charge in [0.05, 0.1) is 26.4 Å². The Balaban J connectivity index is 1.23. The van der Waals surface area contributed by atoms with Crippen LogP contribution in [0.4, 0.5) is 17.6 Å². The fourth-order valence-corrected chi connectivity index (χ4v) is 8.66. The minimum absolute atomic E-state index is 0.0680. The first kappa shape index (κ1) is 43.1. The van der Waals surface area contributed by atoms with E-state index in [1.807, 2.05) is 13.0 Å². The largest absolute Gasteiger partial charge is 0.499 e. The number of aliphatic carboxylic acids is 1. The molecule has 1 N–H and O–H groups in total. The van der Waals surface area contributed by atoms with Gasteiger partial charge in [0.1, 0.15) is 49.4 Å². The summed E-state index contributed by atoms with van der Waals surface area (Å²) >= 11 is 8.16. The number of nitrogens with zero attached hydrogens (tertiary/aromatic N) is 6. The van der Waals surface area contributed by atoms with Gasteiger partial charge in [0.2, 0.25) is 5.88 Å². The molecule has 1 aliphatic heterocycles. The van der Waals surface area contributed by atoms with Crippen molar-refractivity contribution in [1.82, 2.24) is 29.5 Å². The zero-order chi connectivity index (χ0) is 42.9. The summed E-state index contributed by atoms with van der Waals surface area (Å²) in [6, 6.07) is 13.5. The van der Waals surface area contributed by atoms with Gasteiger partial charge in [0.15, 0.2) is 21.8 Å². The maximum Gasteiger partial charge on any atom is 0.408 e. The second kappa shape index (κ2) is 17.5. The predicted molar refractivity (Wildman–Crippen MR) is 227 cm³/mol. The molecule has 1 saturated heterocycles. The molecular weight excluding hydrogens is 824 g/mol. The molecule has 1 aliphatic rings. The van der Waals surface area contributed by atoms with Gasteiger partial charge < -0.3 is 28.6 Å². The van der Waals surface area contributed by atoms with E-state index in [-0.39, 0.29) is 23.1 Å². The van der Waals surface area contributed by atoms with E-state index in [9.17, 15) is 27.5 Å². The molecule has 2 atom stereocenters. The lowest BCUT2D eigenvalue weighted by atomic mass is 9.63. The number of halogens is 5. The number of carbonyl (C=O) groups is 1. The van der Waals surface area contributed by atoms with Crippen LogP contribution >= 0.6 is 22.9 Å². The van der Waals surface area contributed by atoms with Crippen molar-refractivity contribution in [3.8, 4) is 39.1 Å². The molecule has 0 unspecified atom stereocenters. The van der Waals surface area contributed by atoms with Crippen molar-refractivity contribution < 1.29 is 46.1 Å². The van der Waals surface area contributed by atoms with Crippen LogP contribution in [-0.2, 0) is 16.7 Å². The first-order valence-electron chi connectivity index (χ1n) is 19.1. The summed E-state index contributed by atoms with van der Waals surface area (Å²) in [6.07, 6.45) is -3.58. The lowest BCUT2D eigenvalue weighted by Gasteiger charge is -2.32. The summed E-state index contributed by atoms with van der Waals surface area (Å²) in [5.74, 6) is -1.38. The highest BCUT2D eigenvalue weighted by molar-refractivity contribution is 7.22. The number of ether oxygens (including phenoxy) is 3. The summed E-state index contributed by atoms with van der Waals surface area (Å²) in [5.41, 5.74) is 2.30. The van der Waals surface area contributed by atoms with Crippen molar-refractivity contribution in [1.29, 1.82) is 0 Å². The average molecular weight is 865 g/mol. The number of carboxylic acids is 1. The topological polar surface area (TPSA) is 128 Å². The molecule has 1 fully saturated rings. The molecule has 21 heteroatoms. The Morgan fingerprint density at radius 2 is 1.80 bits per heavy atom. The Morgan fingerprint density at radius 3 is 2.50 bits per heavy atom. The van der Waals surface area contributed by atoms with Crippen LogP contribution in [0.5, 0.6) is 17.4 Å². The molecule has 7 rings (SSSR count). The smallest absolute Gasteiger partial charge is 0.408 e. The second-order valence-corrected chi connectivity index (χ2v) is 16.5. The third-order valence-electron chi connectivity index (χ3n) is 10.5. The lowest BCUT2D eigenvalue weighted by molar-refractivity contribution is -0.145. The number of aromatic nitrogens is 4. The molecule has 0 aliphatic carbocycles. The van der Waals surface area contributed by atoms with Gasteiger partial charge in [-0.2, -0.15) is 22.7 Å². The molecule has 0 bridgehead atoms. The van der Waals surface area contributed by atoms with E-state index in [0.717, 1.165) is 37.4 Å². The number of para-hydroxylation sites is 1. The lowest BCUT2D eigenvalue weighted by Crippen LogP contribution is -2.45. The van der Waals surface area contributed by atoms with Crippen molar-refractivity contribution >= 4 is 62.7 Å². The van der Waals surface area contributed by atoms with Crippen LogP contribution in [0, 0.1) is 12.9 Å². The Labute approximate surface area is 354 Å². The normalized spacial score (nSPS) is 15.2. The minimum atomic E-state index is -4.52. The van der Waals surface area contributed by atoms with E-state index in [0.29, 0.717) is 54.7 Å². The van der Waals surface area contributed by atoms with E-state index >= 15 is 0 Å². The zero-order valence-corrected chi connectivity index (χ0v) is 35.0. The maximum atomic E-state index is 14.4. The van der Waals surface area contributed by atoms with E-state index < -0.39 is 42.0 Å². The van der Waals surface area contributed by atoms with Gasteiger partial charge in [0.25, 0.3) is 6.01 Å². The summed E-state index contributed by atoms with van der Waals surface area (Å²) in [4.78, 5) is 27.5. The summed E-state index contributed by atoms with van der Waals surface area (Å²) in [7, 11) is 6.94. The number of rotatable bonds is 15. The van der Waals surface area contributed by atoms with Crippen LogP contribution < -0.4 is 14.2 Å². The third kappa shape index (κ3) is 9.31. The van der Waals surface area contributed by atoms with Crippen molar-refractivity contribution in [2.45, 2.75) is 37.0 Å². The van der Waals surface area contributed by atoms with Crippen LogP contribution in [0.25, 0.3) is 32.0 Å². The number of hydrogen-bond acceptors (Lipinski definition) is 11. The molecule has 312 valence electrons. The standard InChI is InChI=1S/C39H40B3ClF4N6O6S/c1-21-22(7-8-25(32(21)43)56-18-17-52-15-13-51(2)14-16-52)29-30-35(48-20-49-36(30)60-34(29)26-9-10-28(44)57-26)58-33(37(54)55)31(40)23-5-3-4-6-24(23)59-39(41,42)27-11-12-50-53(27)19-38(45,46)47/h3-12,20,31,33H,13-19,40-42H2,1-2H3,(H,54,55)/t31-,33+/m1/s1. The Hall–Kier alpha value is -5.04. The van der Waals surface area contributed by atoms with Gasteiger partial charge in [-0.3, -0.25) is 9.58 Å². The van der Waals surface area contributed by atoms with E-state index in [4.69, 9.17) is 30.2 Å². The number of fused-ring (bicyclic) bond motifs is 1. The number of alkyl halides is 3. The summed E-state index contributed by atoms with van der Waals surface area (Å²) < 4.78 is 79.7. The highest BCUT2D eigenvalue weighted by Gasteiger charge is 2.37. The Bertz CT molecular complexity index is 2500. The van der Waals surface area contributed by atoms with Crippen LogP contribution in [0.2, 0.25) is 5.02 Å². The van der Waals surface area contributed by atoms with Crippen molar-refractivity contribution in [3.05, 3.63) is 95.0 Å². The summed E-state index contributed by atoms with van der Waals surface area (Å²) in [5, 5.41) is 13.9. The number of thiophene rings is 1. The van der Waals surface area contributed by atoms with Crippen molar-refractivity contribution in [3.63, 3.8) is 0 Å². The first-order valence-corrected chi connectivity index (χ1v) is 20.3. The first-order chi connectivity index (χ1) is 28.5. The molecule has 0 amide bonds. The number of carboxylic acid groups (broad SMARTS) is 1. The number of likely N-dealkylation sites (N-methyl/N-ethyl adjacent to an activating group) is 1. The molecule has 2 aromatic carbocycles. The molecule has 12 nitrogen and oxygen atoms in total. The van der Waals surface area contributed by atoms with Gasteiger partial charge in [0, 0.05) is 56.4 Å². The highest BCUT2D eigenvalue weighted by Crippen LogP contribution is 2.50. The molecule has 0 spiro atoms.